The van der Waals surface area contributed by atoms with Crippen LogP contribution in [0.3, 0.4) is 0 Å². The van der Waals surface area contributed by atoms with Crippen molar-refractivity contribution in [2.24, 2.45) is 0 Å². The van der Waals surface area contributed by atoms with Gasteiger partial charge in [-0.1, -0.05) is 0 Å². The molecule has 0 heterocycles. The lowest BCUT2D eigenvalue weighted by Gasteiger charge is -2.17. The number of carbonyl (C=O) groups is 2. The Hall–Kier alpha value is -2.11. The van der Waals surface area contributed by atoms with Crippen molar-refractivity contribution in [2.75, 3.05) is 19.3 Å². The predicted molar refractivity (Wildman–Crippen MR) is 68.9 cm³/mol. The zero-order chi connectivity index (χ0) is 14.0. The van der Waals surface area contributed by atoms with E-state index in [2.05, 4.69) is 5.32 Å². The molecule has 0 aromatic heterocycles. The minimum atomic E-state index is -0.564. The molecule has 2 amide bonds. The summed E-state index contributed by atoms with van der Waals surface area (Å²) in [6.07, 6.45) is 2.00. The van der Waals surface area contributed by atoms with Gasteiger partial charge in [-0.2, -0.15) is 0 Å². The number of halogens is 1. The summed E-state index contributed by atoms with van der Waals surface area (Å²) in [5.74, 6) is -1.11. The highest BCUT2D eigenvalue weighted by Crippen LogP contribution is 2.18. The van der Waals surface area contributed by atoms with Gasteiger partial charge in [0, 0.05) is 18.7 Å². The van der Waals surface area contributed by atoms with E-state index in [4.69, 9.17) is 5.73 Å². The van der Waals surface area contributed by atoms with Gasteiger partial charge >= 0.3 is 0 Å². The molecule has 0 aliphatic heterocycles. The first kappa shape index (κ1) is 13.3. The molecule has 0 bridgehead atoms. The van der Waals surface area contributed by atoms with Crippen LogP contribution in [0.4, 0.5) is 10.1 Å². The van der Waals surface area contributed by atoms with Crippen LogP contribution in [-0.4, -0.2) is 36.3 Å². The first-order valence-electron chi connectivity index (χ1n) is 6.07. The van der Waals surface area contributed by atoms with Crippen molar-refractivity contribution in [1.29, 1.82) is 0 Å². The van der Waals surface area contributed by atoms with Crippen molar-refractivity contribution in [2.45, 2.75) is 18.9 Å². The van der Waals surface area contributed by atoms with Crippen LogP contribution in [-0.2, 0) is 4.79 Å². The van der Waals surface area contributed by atoms with Gasteiger partial charge in [-0.15, -0.1) is 0 Å². The summed E-state index contributed by atoms with van der Waals surface area (Å²) in [5.41, 5.74) is 5.59. The lowest BCUT2D eigenvalue weighted by molar-refractivity contribution is -0.121. The number of likely N-dealkylation sites (N-methyl/N-ethyl adjacent to an activating group) is 1. The fraction of sp³-hybridized carbons (Fsp3) is 0.385. The van der Waals surface area contributed by atoms with Crippen molar-refractivity contribution in [1.82, 2.24) is 10.2 Å². The number of nitrogens with zero attached hydrogens (tertiary/aromatic N) is 1. The van der Waals surface area contributed by atoms with E-state index in [1.807, 2.05) is 0 Å². The van der Waals surface area contributed by atoms with E-state index in [1.165, 1.54) is 24.1 Å². The highest BCUT2D eigenvalue weighted by atomic mass is 19.1. The van der Waals surface area contributed by atoms with Crippen molar-refractivity contribution in [3.8, 4) is 0 Å². The molecule has 1 aliphatic rings. The molecule has 1 aliphatic carbocycles. The van der Waals surface area contributed by atoms with E-state index in [1.54, 1.807) is 0 Å². The molecule has 0 atom stereocenters. The number of nitrogens with one attached hydrogen (secondary N) is 1. The molecule has 1 aromatic rings. The second kappa shape index (κ2) is 5.26. The van der Waals surface area contributed by atoms with Crippen LogP contribution >= 0.6 is 0 Å². The van der Waals surface area contributed by atoms with Crippen LogP contribution in [0.5, 0.6) is 0 Å². The Balaban J connectivity index is 1.97. The SMILES string of the molecule is CN(CC(=O)NC1CC1)C(=O)c1ccc(F)c(N)c1. The van der Waals surface area contributed by atoms with E-state index < -0.39 is 5.82 Å². The number of rotatable bonds is 4. The average Bonchev–Trinajstić information content (AvgIpc) is 3.15. The summed E-state index contributed by atoms with van der Waals surface area (Å²) in [6.45, 7) is -0.0212. The van der Waals surface area contributed by atoms with Crippen molar-refractivity contribution >= 4 is 17.5 Å². The number of hydrogen-bond donors (Lipinski definition) is 2. The van der Waals surface area contributed by atoms with Crippen molar-refractivity contribution in [3.63, 3.8) is 0 Å². The summed E-state index contributed by atoms with van der Waals surface area (Å²) >= 11 is 0. The quantitative estimate of drug-likeness (QED) is 0.789. The van der Waals surface area contributed by atoms with Crippen molar-refractivity contribution < 1.29 is 14.0 Å². The summed E-state index contributed by atoms with van der Waals surface area (Å²) in [6, 6.07) is 4.02. The van der Waals surface area contributed by atoms with Crippen LogP contribution in [0, 0.1) is 5.82 Å². The highest BCUT2D eigenvalue weighted by molar-refractivity contribution is 5.97. The monoisotopic (exact) mass is 265 g/mol. The molecular weight excluding hydrogens is 249 g/mol. The molecule has 1 saturated carbocycles. The molecular formula is C13H16FN3O2. The predicted octanol–water partition coefficient (Wildman–Crippen LogP) is 0.758. The number of nitrogens with two attached hydrogens (primary N) is 1. The maximum absolute atomic E-state index is 13.0. The molecule has 3 N–H and O–H groups in total. The molecule has 0 unspecified atom stereocenters. The molecule has 6 heteroatoms. The van der Waals surface area contributed by atoms with Gasteiger partial charge in [0.15, 0.2) is 0 Å². The topological polar surface area (TPSA) is 75.4 Å². The Labute approximate surface area is 110 Å². The number of carbonyl (C=O) groups excluding carboxylic acids is 2. The summed E-state index contributed by atoms with van der Waals surface area (Å²) in [7, 11) is 1.52. The first-order chi connectivity index (χ1) is 8.97. The maximum atomic E-state index is 13.0. The third kappa shape index (κ3) is 3.43. The normalized spacial score (nSPS) is 14.0. The Bertz CT molecular complexity index is 515. The third-order valence-corrected chi connectivity index (χ3v) is 2.91. The van der Waals surface area contributed by atoms with Crippen LogP contribution < -0.4 is 11.1 Å². The van der Waals surface area contributed by atoms with Gasteiger partial charge in [-0.05, 0) is 31.0 Å². The third-order valence-electron chi connectivity index (χ3n) is 2.91. The van der Waals surface area contributed by atoms with Crippen molar-refractivity contribution in [3.05, 3.63) is 29.6 Å². The lowest BCUT2D eigenvalue weighted by Crippen LogP contribution is -2.39. The molecule has 0 saturated heterocycles. The van der Waals surface area contributed by atoms with E-state index >= 15 is 0 Å². The Morgan fingerprint density at radius 2 is 2.16 bits per heavy atom. The summed E-state index contributed by atoms with van der Waals surface area (Å²) in [5, 5.41) is 2.79. The van der Waals surface area contributed by atoms with Gasteiger partial charge in [-0.3, -0.25) is 9.59 Å². The zero-order valence-electron chi connectivity index (χ0n) is 10.6. The van der Waals surface area contributed by atoms with Gasteiger partial charge in [0.05, 0.1) is 12.2 Å². The van der Waals surface area contributed by atoms with Gasteiger partial charge < -0.3 is 16.0 Å². The molecule has 102 valence electrons. The largest absolute Gasteiger partial charge is 0.396 e. The lowest BCUT2D eigenvalue weighted by atomic mass is 10.1. The van der Waals surface area contributed by atoms with Gasteiger partial charge in [0.1, 0.15) is 5.82 Å². The number of nitrogen functional groups attached to an aromatic ring is 1. The minimum Gasteiger partial charge on any atom is -0.396 e. The molecule has 19 heavy (non-hydrogen) atoms. The summed E-state index contributed by atoms with van der Waals surface area (Å²) < 4.78 is 13.0. The average molecular weight is 265 g/mol. The smallest absolute Gasteiger partial charge is 0.254 e. The molecule has 1 fully saturated rings. The number of anilines is 1. The first-order valence-corrected chi connectivity index (χ1v) is 6.07. The molecule has 5 nitrogen and oxygen atoms in total. The second-order valence-corrected chi connectivity index (χ2v) is 4.74. The van der Waals surface area contributed by atoms with E-state index in [0.29, 0.717) is 0 Å². The molecule has 0 spiro atoms. The van der Waals surface area contributed by atoms with Crippen LogP contribution in [0.2, 0.25) is 0 Å². The minimum absolute atomic E-state index is 0.0212. The van der Waals surface area contributed by atoms with Crippen LogP contribution in [0.1, 0.15) is 23.2 Å². The molecule has 2 rings (SSSR count). The standard InChI is InChI=1S/C13H16FN3O2/c1-17(7-12(18)16-9-3-4-9)13(19)8-2-5-10(14)11(15)6-8/h2,5-6,9H,3-4,7,15H2,1H3,(H,16,18). The van der Waals surface area contributed by atoms with E-state index in [9.17, 15) is 14.0 Å². The number of hydrogen-bond acceptors (Lipinski definition) is 3. The Morgan fingerprint density at radius 3 is 2.74 bits per heavy atom. The maximum Gasteiger partial charge on any atom is 0.254 e. The van der Waals surface area contributed by atoms with Gasteiger partial charge in [0.25, 0.3) is 5.91 Å². The van der Waals surface area contributed by atoms with Gasteiger partial charge in [0.2, 0.25) is 5.91 Å². The van der Waals surface area contributed by atoms with E-state index in [0.717, 1.165) is 18.9 Å². The molecule has 0 radical (unpaired) electrons. The number of benzene rings is 1. The fourth-order valence-electron chi connectivity index (χ4n) is 1.69. The molecule has 1 aromatic carbocycles. The Morgan fingerprint density at radius 1 is 1.47 bits per heavy atom. The fourth-order valence-corrected chi connectivity index (χ4v) is 1.69. The Kier molecular flexibility index (Phi) is 3.69. The highest BCUT2D eigenvalue weighted by Gasteiger charge is 2.24. The zero-order valence-corrected chi connectivity index (χ0v) is 10.6. The van der Waals surface area contributed by atoms with Crippen LogP contribution in [0.15, 0.2) is 18.2 Å². The van der Waals surface area contributed by atoms with E-state index in [-0.39, 0.29) is 35.7 Å². The second-order valence-electron chi connectivity index (χ2n) is 4.74. The van der Waals surface area contributed by atoms with Gasteiger partial charge in [-0.25, -0.2) is 4.39 Å². The summed E-state index contributed by atoms with van der Waals surface area (Å²) in [4.78, 5) is 24.9. The van der Waals surface area contributed by atoms with Crippen LogP contribution in [0.25, 0.3) is 0 Å². The number of amides is 2.